The number of carbonyl (C=O) groups excluding carboxylic acids is 1. The number of benzene rings is 1. The number of hydrogen-bond acceptors (Lipinski definition) is 6. The molecular formula is C20H26ClN5O4S. The maximum absolute atomic E-state index is 13.4. The van der Waals surface area contributed by atoms with Crippen molar-refractivity contribution in [2.75, 3.05) is 57.4 Å². The molecule has 9 nitrogen and oxygen atoms in total. The summed E-state index contributed by atoms with van der Waals surface area (Å²) in [5, 5.41) is 4.72. The second-order valence-corrected chi connectivity index (χ2v) is 9.71. The molecule has 2 aliphatic heterocycles. The summed E-state index contributed by atoms with van der Waals surface area (Å²) in [5.41, 5.74) is 1.01. The molecular weight excluding hydrogens is 442 g/mol. The van der Waals surface area contributed by atoms with Gasteiger partial charge in [-0.25, -0.2) is 8.42 Å². The number of ether oxygens (including phenoxy) is 1. The molecule has 31 heavy (non-hydrogen) atoms. The number of amides is 1. The van der Waals surface area contributed by atoms with E-state index in [-0.39, 0.29) is 29.6 Å². The third kappa shape index (κ3) is 4.43. The van der Waals surface area contributed by atoms with Crippen molar-refractivity contribution in [2.45, 2.75) is 18.5 Å². The highest BCUT2D eigenvalue weighted by atomic mass is 35.5. The molecule has 2 saturated heterocycles. The monoisotopic (exact) mass is 467 g/mol. The van der Waals surface area contributed by atoms with Gasteiger partial charge in [0.05, 0.1) is 29.5 Å². The molecule has 2 aliphatic rings. The van der Waals surface area contributed by atoms with Crippen LogP contribution in [0.3, 0.4) is 0 Å². The Morgan fingerprint density at radius 3 is 2.42 bits per heavy atom. The van der Waals surface area contributed by atoms with Crippen LogP contribution in [-0.4, -0.2) is 85.8 Å². The molecule has 11 heteroatoms. The summed E-state index contributed by atoms with van der Waals surface area (Å²) in [6, 6.07) is 7.52. The van der Waals surface area contributed by atoms with Crippen molar-refractivity contribution >= 4 is 33.2 Å². The van der Waals surface area contributed by atoms with Crippen LogP contribution < -0.4 is 4.90 Å². The van der Waals surface area contributed by atoms with E-state index >= 15 is 0 Å². The highest BCUT2D eigenvalue weighted by Crippen LogP contribution is 2.28. The molecule has 1 aromatic heterocycles. The lowest BCUT2D eigenvalue weighted by Crippen LogP contribution is -2.49. The van der Waals surface area contributed by atoms with Crippen molar-refractivity contribution in [1.82, 2.24) is 19.0 Å². The van der Waals surface area contributed by atoms with Crippen LogP contribution in [0, 0.1) is 0 Å². The van der Waals surface area contributed by atoms with Gasteiger partial charge < -0.3 is 14.5 Å². The van der Waals surface area contributed by atoms with Crippen molar-refractivity contribution < 1.29 is 17.9 Å². The number of aryl methyl sites for hydroxylation is 1. The number of carbonyl (C=O) groups is 1. The number of sulfonamides is 1. The molecule has 1 aromatic carbocycles. The van der Waals surface area contributed by atoms with E-state index < -0.39 is 10.0 Å². The van der Waals surface area contributed by atoms with Crippen LogP contribution in [0.25, 0.3) is 0 Å². The van der Waals surface area contributed by atoms with Crippen LogP contribution >= 0.6 is 11.6 Å². The van der Waals surface area contributed by atoms with Gasteiger partial charge in [-0.15, -0.1) is 0 Å². The quantitative estimate of drug-likeness (QED) is 0.662. The molecule has 2 fully saturated rings. The first-order valence-electron chi connectivity index (χ1n) is 10.4. The van der Waals surface area contributed by atoms with E-state index in [4.69, 9.17) is 16.3 Å². The highest BCUT2D eigenvalue weighted by Gasteiger charge is 2.36. The van der Waals surface area contributed by atoms with Crippen LogP contribution in [0.2, 0.25) is 5.02 Å². The molecule has 0 unspecified atom stereocenters. The Morgan fingerprint density at radius 1 is 1.10 bits per heavy atom. The van der Waals surface area contributed by atoms with E-state index in [9.17, 15) is 13.2 Å². The molecule has 0 saturated carbocycles. The van der Waals surface area contributed by atoms with Gasteiger partial charge in [-0.05, 0) is 19.1 Å². The SMILES string of the molecule is CCn1cc(C(=O)N2CCOCC2)c(S(=O)(=O)N2CCN(c3ccccc3Cl)CC2)n1. The van der Waals surface area contributed by atoms with Crippen molar-refractivity contribution in [3.05, 3.63) is 41.0 Å². The normalized spacial score (nSPS) is 18.4. The summed E-state index contributed by atoms with van der Waals surface area (Å²) in [4.78, 5) is 16.8. The predicted octanol–water partition coefficient (Wildman–Crippen LogP) is 1.54. The van der Waals surface area contributed by atoms with Gasteiger partial charge in [-0.2, -0.15) is 9.40 Å². The number of rotatable bonds is 5. The number of morpholine rings is 1. The highest BCUT2D eigenvalue weighted by molar-refractivity contribution is 7.89. The lowest BCUT2D eigenvalue weighted by Gasteiger charge is -2.35. The van der Waals surface area contributed by atoms with Gasteiger partial charge in [-0.1, -0.05) is 23.7 Å². The van der Waals surface area contributed by atoms with Gasteiger partial charge in [0.2, 0.25) is 5.03 Å². The smallest absolute Gasteiger partial charge is 0.263 e. The van der Waals surface area contributed by atoms with E-state index in [1.54, 1.807) is 4.90 Å². The zero-order valence-corrected chi connectivity index (χ0v) is 19.0. The number of aromatic nitrogens is 2. The van der Waals surface area contributed by atoms with Crippen molar-refractivity contribution in [2.24, 2.45) is 0 Å². The molecule has 2 aromatic rings. The van der Waals surface area contributed by atoms with Crippen LogP contribution in [0.5, 0.6) is 0 Å². The minimum atomic E-state index is -3.92. The van der Waals surface area contributed by atoms with Crippen LogP contribution in [0.1, 0.15) is 17.3 Å². The largest absolute Gasteiger partial charge is 0.378 e. The van der Waals surface area contributed by atoms with Crippen molar-refractivity contribution in [1.29, 1.82) is 0 Å². The van der Waals surface area contributed by atoms with E-state index in [2.05, 4.69) is 10.00 Å². The summed E-state index contributed by atoms with van der Waals surface area (Å²) >= 11 is 6.29. The third-order valence-electron chi connectivity index (χ3n) is 5.60. The summed E-state index contributed by atoms with van der Waals surface area (Å²) in [5.74, 6) is -0.323. The van der Waals surface area contributed by atoms with Gasteiger partial charge in [0, 0.05) is 52.0 Å². The fraction of sp³-hybridized carbons (Fsp3) is 0.500. The number of hydrogen-bond donors (Lipinski definition) is 0. The Bertz CT molecular complexity index is 1040. The molecule has 0 spiro atoms. The Balaban J connectivity index is 1.55. The third-order valence-corrected chi connectivity index (χ3v) is 7.75. The predicted molar refractivity (Wildman–Crippen MR) is 117 cm³/mol. The summed E-state index contributed by atoms with van der Waals surface area (Å²) in [6.07, 6.45) is 1.53. The second-order valence-electron chi connectivity index (χ2n) is 7.45. The molecule has 1 amide bonds. The molecule has 3 heterocycles. The number of piperazine rings is 1. The minimum Gasteiger partial charge on any atom is -0.378 e. The molecule has 0 aliphatic carbocycles. The van der Waals surface area contributed by atoms with Gasteiger partial charge in [0.15, 0.2) is 0 Å². The van der Waals surface area contributed by atoms with Crippen LogP contribution in [0.15, 0.2) is 35.5 Å². The van der Waals surface area contributed by atoms with Crippen LogP contribution in [-0.2, 0) is 21.3 Å². The fourth-order valence-corrected chi connectivity index (χ4v) is 5.61. The molecule has 168 valence electrons. The first-order chi connectivity index (χ1) is 14.9. The van der Waals surface area contributed by atoms with Crippen molar-refractivity contribution in [3.63, 3.8) is 0 Å². The average Bonchev–Trinajstić information content (AvgIpc) is 3.25. The van der Waals surface area contributed by atoms with Crippen molar-refractivity contribution in [3.8, 4) is 0 Å². The molecule has 4 rings (SSSR count). The van der Waals surface area contributed by atoms with E-state index in [1.807, 2.05) is 31.2 Å². The number of halogens is 1. The molecule has 0 atom stereocenters. The fourth-order valence-electron chi connectivity index (χ4n) is 3.84. The maximum atomic E-state index is 13.4. The lowest BCUT2D eigenvalue weighted by atomic mass is 10.2. The zero-order chi connectivity index (χ0) is 22.0. The summed E-state index contributed by atoms with van der Waals surface area (Å²) in [6.45, 7) is 5.68. The summed E-state index contributed by atoms with van der Waals surface area (Å²) < 4.78 is 35.1. The molecule has 0 bridgehead atoms. The van der Waals surface area contributed by atoms with Gasteiger partial charge in [0.25, 0.3) is 15.9 Å². The minimum absolute atomic E-state index is 0.122. The topological polar surface area (TPSA) is 88.0 Å². The van der Waals surface area contributed by atoms with Gasteiger partial charge in [-0.3, -0.25) is 9.48 Å². The number of para-hydroxylation sites is 1. The number of nitrogens with zero attached hydrogens (tertiary/aromatic N) is 5. The van der Waals surface area contributed by atoms with E-state index in [0.29, 0.717) is 51.0 Å². The molecule has 0 N–H and O–H groups in total. The van der Waals surface area contributed by atoms with Crippen LogP contribution in [0.4, 0.5) is 5.69 Å². The Hall–Kier alpha value is -2.14. The van der Waals surface area contributed by atoms with Gasteiger partial charge >= 0.3 is 0 Å². The first-order valence-corrected chi connectivity index (χ1v) is 12.2. The summed E-state index contributed by atoms with van der Waals surface area (Å²) in [7, 11) is -3.92. The number of anilines is 1. The Kier molecular flexibility index (Phi) is 6.52. The molecule has 0 radical (unpaired) electrons. The van der Waals surface area contributed by atoms with E-state index in [1.165, 1.54) is 15.2 Å². The maximum Gasteiger partial charge on any atom is 0.263 e. The Morgan fingerprint density at radius 2 is 1.77 bits per heavy atom. The van der Waals surface area contributed by atoms with Gasteiger partial charge in [0.1, 0.15) is 0 Å². The Labute approximate surface area is 187 Å². The standard InChI is InChI=1S/C20H26ClN5O4S/c1-2-25-15-16(20(27)24-11-13-30-14-12-24)19(22-25)31(28,29)26-9-7-23(8-10-26)18-6-4-3-5-17(18)21/h3-6,15H,2,7-14H2,1H3. The lowest BCUT2D eigenvalue weighted by molar-refractivity contribution is 0.0300. The first kappa shape index (κ1) is 22.1. The zero-order valence-electron chi connectivity index (χ0n) is 17.4. The second kappa shape index (κ2) is 9.15. The average molecular weight is 468 g/mol. The van der Waals surface area contributed by atoms with E-state index in [0.717, 1.165) is 5.69 Å².